The molecule has 2 fully saturated rings. The van der Waals surface area contributed by atoms with Crippen LogP contribution < -0.4 is 0 Å². The number of likely N-dealkylation sites (tertiary alicyclic amines) is 1. The van der Waals surface area contributed by atoms with Gasteiger partial charge in [0.2, 0.25) is 0 Å². The fourth-order valence-corrected chi connectivity index (χ4v) is 2.96. The molecule has 22 heavy (non-hydrogen) atoms. The Labute approximate surface area is 127 Å². The quantitative estimate of drug-likeness (QED) is 0.932. The first kappa shape index (κ1) is 13.5. The predicted octanol–water partition coefficient (Wildman–Crippen LogP) is 1.88. The normalized spacial score (nSPS) is 24.9. The lowest BCUT2D eigenvalue weighted by Crippen LogP contribution is -2.32. The zero-order valence-corrected chi connectivity index (χ0v) is 12.4. The average molecular weight is 302 g/mol. The molecule has 1 saturated heterocycles. The number of methoxy groups -OCH3 is 1. The van der Waals surface area contributed by atoms with Gasteiger partial charge in [0.1, 0.15) is 12.1 Å². The summed E-state index contributed by atoms with van der Waals surface area (Å²) in [6.45, 7) is 0.546. The summed E-state index contributed by atoms with van der Waals surface area (Å²) in [5, 5.41) is 7.31. The molecular formula is C15H18N4O3. The molecular weight excluding hydrogens is 284 g/mol. The maximum absolute atomic E-state index is 12.7. The predicted molar refractivity (Wildman–Crippen MR) is 76.3 cm³/mol. The highest BCUT2D eigenvalue weighted by Gasteiger charge is 2.39. The van der Waals surface area contributed by atoms with E-state index >= 15 is 0 Å². The molecule has 2 aromatic heterocycles. The molecule has 2 atom stereocenters. The molecule has 1 N–H and O–H groups in total. The highest BCUT2D eigenvalue weighted by molar-refractivity contribution is 5.94. The maximum Gasteiger partial charge on any atom is 0.257 e. The van der Waals surface area contributed by atoms with Gasteiger partial charge in [0, 0.05) is 26.0 Å². The standard InChI is InChI=1S/C15H18N4O3/c1-21-11-6-12(14-16-13(17-18-14)9-2-3-9)19(7-11)15(20)10-4-5-22-8-10/h4-5,8-9,11-12H,2-3,6-7H2,1H3,(H,16,17,18)/t11-,12+/m1/s1. The van der Waals surface area contributed by atoms with Crippen molar-refractivity contribution in [3.63, 3.8) is 0 Å². The number of amides is 1. The molecule has 7 nitrogen and oxygen atoms in total. The van der Waals surface area contributed by atoms with Gasteiger partial charge in [-0.15, -0.1) is 0 Å². The Bertz CT molecular complexity index is 662. The number of carbonyl (C=O) groups excluding carboxylic acids is 1. The number of aromatic nitrogens is 3. The van der Waals surface area contributed by atoms with Crippen molar-refractivity contribution in [3.05, 3.63) is 35.8 Å². The van der Waals surface area contributed by atoms with Crippen molar-refractivity contribution in [2.24, 2.45) is 0 Å². The summed E-state index contributed by atoms with van der Waals surface area (Å²) in [7, 11) is 1.67. The van der Waals surface area contributed by atoms with E-state index < -0.39 is 0 Å². The number of rotatable bonds is 4. The number of nitrogens with zero attached hydrogens (tertiary/aromatic N) is 3. The Morgan fingerprint density at radius 3 is 3.05 bits per heavy atom. The van der Waals surface area contributed by atoms with E-state index in [0.29, 0.717) is 18.0 Å². The zero-order chi connectivity index (χ0) is 15.1. The van der Waals surface area contributed by atoms with Crippen molar-refractivity contribution in [2.45, 2.75) is 37.3 Å². The lowest BCUT2D eigenvalue weighted by molar-refractivity contribution is 0.0683. The number of hydrogen-bond donors (Lipinski definition) is 1. The molecule has 0 aromatic carbocycles. The fourth-order valence-electron chi connectivity index (χ4n) is 2.96. The van der Waals surface area contributed by atoms with Gasteiger partial charge in [-0.1, -0.05) is 0 Å². The minimum Gasteiger partial charge on any atom is -0.472 e. The topological polar surface area (TPSA) is 84.3 Å². The van der Waals surface area contributed by atoms with E-state index in [0.717, 1.165) is 30.9 Å². The van der Waals surface area contributed by atoms with Gasteiger partial charge in [0.25, 0.3) is 5.91 Å². The second-order valence-electron chi connectivity index (χ2n) is 5.93. The van der Waals surface area contributed by atoms with Gasteiger partial charge >= 0.3 is 0 Å². The molecule has 1 aliphatic heterocycles. The molecule has 7 heteroatoms. The average Bonchev–Trinajstić information content (AvgIpc) is 3.03. The van der Waals surface area contributed by atoms with Crippen molar-refractivity contribution < 1.29 is 13.9 Å². The smallest absolute Gasteiger partial charge is 0.257 e. The fraction of sp³-hybridized carbons (Fsp3) is 0.533. The largest absolute Gasteiger partial charge is 0.472 e. The van der Waals surface area contributed by atoms with E-state index in [1.807, 2.05) is 0 Å². The number of H-pyrrole nitrogens is 1. The minimum absolute atomic E-state index is 0.00956. The molecule has 2 aromatic rings. The number of nitrogens with one attached hydrogen (secondary N) is 1. The summed E-state index contributed by atoms with van der Waals surface area (Å²) in [4.78, 5) is 19.0. The van der Waals surface area contributed by atoms with Gasteiger partial charge in [0.05, 0.1) is 24.0 Å². The zero-order valence-electron chi connectivity index (χ0n) is 12.4. The molecule has 0 bridgehead atoms. The Kier molecular flexibility index (Phi) is 3.22. The van der Waals surface area contributed by atoms with Gasteiger partial charge in [-0.25, -0.2) is 4.98 Å². The SMILES string of the molecule is CO[C@@H]1C[C@@H](c2nc(C3CC3)n[nH]2)N(C(=O)c2ccoc2)C1. The van der Waals surface area contributed by atoms with Gasteiger partial charge in [-0.05, 0) is 18.9 Å². The van der Waals surface area contributed by atoms with Crippen molar-refractivity contribution in [1.29, 1.82) is 0 Å². The number of aromatic amines is 1. The summed E-state index contributed by atoms with van der Waals surface area (Å²) < 4.78 is 10.5. The first-order valence-corrected chi connectivity index (χ1v) is 7.54. The third kappa shape index (κ3) is 2.31. The summed E-state index contributed by atoms with van der Waals surface area (Å²) in [5.74, 6) is 2.04. The van der Waals surface area contributed by atoms with Crippen LogP contribution >= 0.6 is 0 Å². The Hall–Kier alpha value is -2.15. The van der Waals surface area contributed by atoms with E-state index in [9.17, 15) is 4.79 Å². The highest BCUT2D eigenvalue weighted by Crippen LogP contribution is 2.39. The third-order valence-corrected chi connectivity index (χ3v) is 4.40. The van der Waals surface area contributed by atoms with E-state index in [2.05, 4.69) is 15.2 Å². The number of hydrogen-bond acceptors (Lipinski definition) is 5. The van der Waals surface area contributed by atoms with Crippen molar-refractivity contribution in [1.82, 2.24) is 20.1 Å². The Balaban J connectivity index is 1.60. The van der Waals surface area contributed by atoms with Crippen LogP contribution in [0.5, 0.6) is 0 Å². The van der Waals surface area contributed by atoms with Crippen LogP contribution in [0.4, 0.5) is 0 Å². The van der Waals surface area contributed by atoms with Gasteiger partial charge in [-0.3, -0.25) is 9.89 Å². The summed E-state index contributed by atoms with van der Waals surface area (Å²) in [6.07, 6.45) is 6.01. The van der Waals surface area contributed by atoms with E-state index in [1.165, 1.54) is 12.5 Å². The van der Waals surface area contributed by atoms with Crippen molar-refractivity contribution in [2.75, 3.05) is 13.7 Å². The molecule has 4 rings (SSSR count). The molecule has 2 aliphatic rings. The molecule has 1 saturated carbocycles. The number of carbonyl (C=O) groups is 1. The van der Waals surface area contributed by atoms with Crippen LogP contribution in [-0.4, -0.2) is 45.7 Å². The van der Waals surface area contributed by atoms with E-state index in [4.69, 9.17) is 9.15 Å². The van der Waals surface area contributed by atoms with E-state index in [-0.39, 0.29) is 18.1 Å². The minimum atomic E-state index is -0.132. The lowest BCUT2D eigenvalue weighted by atomic mass is 10.2. The summed E-state index contributed by atoms with van der Waals surface area (Å²) >= 11 is 0. The van der Waals surface area contributed by atoms with Crippen molar-refractivity contribution in [3.8, 4) is 0 Å². The number of ether oxygens (including phenoxy) is 1. The molecule has 1 aliphatic carbocycles. The Morgan fingerprint density at radius 1 is 1.50 bits per heavy atom. The number of furan rings is 1. The second-order valence-corrected chi connectivity index (χ2v) is 5.93. The van der Waals surface area contributed by atoms with Crippen LogP contribution in [0.1, 0.15) is 53.2 Å². The third-order valence-electron chi connectivity index (χ3n) is 4.40. The monoisotopic (exact) mass is 302 g/mol. The summed E-state index contributed by atoms with van der Waals surface area (Å²) in [5.41, 5.74) is 0.545. The molecule has 0 radical (unpaired) electrons. The van der Waals surface area contributed by atoms with Crippen LogP contribution in [0.2, 0.25) is 0 Å². The van der Waals surface area contributed by atoms with Crippen LogP contribution in [0.3, 0.4) is 0 Å². The highest BCUT2D eigenvalue weighted by atomic mass is 16.5. The van der Waals surface area contributed by atoms with Gasteiger partial charge in [-0.2, -0.15) is 5.10 Å². The first-order valence-electron chi connectivity index (χ1n) is 7.54. The van der Waals surface area contributed by atoms with Gasteiger partial charge < -0.3 is 14.1 Å². The van der Waals surface area contributed by atoms with Crippen LogP contribution in [0, 0.1) is 0 Å². The van der Waals surface area contributed by atoms with Crippen molar-refractivity contribution >= 4 is 5.91 Å². The maximum atomic E-state index is 12.7. The van der Waals surface area contributed by atoms with Crippen LogP contribution in [0.15, 0.2) is 23.0 Å². The molecule has 1 amide bonds. The molecule has 3 heterocycles. The summed E-state index contributed by atoms with van der Waals surface area (Å²) in [6, 6.07) is 1.54. The van der Waals surface area contributed by atoms with Crippen LogP contribution in [-0.2, 0) is 4.74 Å². The lowest BCUT2D eigenvalue weighted by Gasteiger charge is -2.21. The first-order chi connectivity index (χ1) is 10.8. The molecule has 0 unspecified atom stereocenters. The van der Waals surface area contributed by atoms with E-state index in [1.54, 1.807) is 18.1 Å². The molecule has 0 spiro atoms. The van der Waals surface area contributed by atoms with Gasteiger partial charge in [0.15, 0.2) is 5.82 Å². The molecule has 116 valence electrons. The van der Waals surface area contributed by atoms with Crippen LogP contribution in [0.25, 0.3) is 0 Å². The Morgan fingerprint density at radius 2 is 2.36 bits per heavy atom. The second kappa shape index (κ2) is 5.24.